The van der Waals surface area contributed by atoms with Crippen LogP contribution in [0.1, 0.15) is 27.2 Å². The molecule has 1 saturated heterocycles. The zero-order valence-electron chi connectivity index (χ0n) is 12.9. The summed E-state index contributed by atoms with van der Waals surface area (Å²) < 4.78 is 31.4. The molecule has 1 heterocycles. The van der Waals surface area contributed by atoms with Crippen molar-refractivity contribution in [2.24, 2.45) is 5.41 Å². The lowest BCUT2D eigenvalue weighted by Gasteiger charge is -2.30. The molecule has 0 saturated carbocycles. The van der Waals surface area contributed by atoms with Crippen molar-refractivity contribution in [3.8, 4) is 0 Å². The quantitative estimate of drug-likeness (QED) is 0.637. The first kappa shape index (κ1) is 19.5. The number of carboxylic acid groups (broad SMARTS) is 1. The van der Waals surface area contributed by atoms with Gasteiger partial charge in [0, 0.05) is 6.54 Å². The number of carbonyl (C=O) groups excluding carboxylic acids is 1. The molecule has 0 aromatic heterocycles. The smallest absolute Gasteiger partial charge is 0.317 e. The van der Waals surface area contributed by atoms with Gasteiger partial charge in [0.1, 0.15) is 11.0 Å². The Kier molecular flexibility index (Phi) is 6.48. The predicted octanol–water partition coefficient (Wildman–Crippen LogP) is 2.17. The van der Waals surface area contributed by atoms with Crippen LogP contribution in [0.5, 0.6) is 0 Å². The van der Waals surface area contributed by atoms with Crippen LogP contribution in [-0.2, 0) is 14.3 Å². The van der Waals surface area contributed by atoms with E-state index in [-0.39, 0.29) is 18.6 Å². The number of rotatable bonds is 4. The number of hydrogen-bond donors (Lipinski definition) is 1. The molecule has 5 nitrogen and oxygen atoms in total. The third kappa shape index (κ3) is 5.08. The topological polar surface area (TPSA) is 66.8 Å². The minimum absolute atomic E-state index is 0.0438. The Morgan fingerprint density at radius 1 is 1.43 bits per heavy atom. The zero-order valence-corrected chi connectivity index (χ0v) is 12.9. The molecule has 1 aliphatic rings. The van der Waals surface area contributed by atoms with E-state index in [1.54, 1.807) is 11.9 Å². The molecule has 1 rings (SSSR count). The first-order valence-electron chi connectivity index (χ1n) is 6.46. The van der Waals surface area contributed by atoms with Gasteiger partial charge in [0.05, 0.1) is 0 Å². The highest BCUT2D eigenvalue weighted by Crippen LogP contribution is 2.44. The molecule has 0 aromatic carbocycles. The van der Waals surface area contributed by atoms with Crippen LogP contribution < -0.4 is 0 Å². The Morgan fingerprint density at radius 3 is 2.14 bits per heavy atom. The molecule has 0 aromatic rings. The first-order chi connectivity index (χ1) is 9.42. The maximum Gasteiger partial charge on any atom is 0.317 e. The number of aliphatic carboxylic acids is 1. The fraction of sp³-hybridized carbons (Fsp3) is 0.714. The fourth-order valence-electron chi connectivity index (χ4n) is 1.93. The van der Waals surface area contributed by atoms with Crippen LogP contribution in [0.15, 0.2) is 12.7 Å². The maximum atomic E-state index is 13.4. The molecule has 0 amide bonds. The summed E-state index contributed by atoms with van der Waals surface area (Å²) in [5, 5.41) is 8.89. The lowest BCUT2D eigenvalue weighted by molar-refractivity contribution is -0.167. The summed E-state index contributed by atoms with van der Waals surface area (Å²) in [6, 6.07) is 0. The van der Waals surface area contributed by atoms with Gasteiger partial charge in [-0.2, -0.15) is 0 Å². The van der Waals surface area contributed by atoms with Crippen molar-refractivity contribution in [1.29, 1.82) is 0 Å². The second kappa shape index (κ2) is 6.98. The van der Waals surface area contributed by atoms with Gasteiger partial charge < -0.3 is 14.7 Å². The van der Waals surface area contributed by atoms with Gasteiger partial charge in [-0.25, -0.2) is 8.78 Å². The van der Waals surface area contributed by atoms with Gasteiger partial charge >= 0.3 is 5.97 Å². The molecule has 122 valence electrons. The normalized spacial score (nSPS) is 23.0. The highest BCUT2D eigenvalue weighted by Gasteiger charge is 2.60. The summed E-state index contributed by atoms with van der Waals surface area (Å²) in [6.07, 6.45) is 0.387. The Hall–Kier alpha value is -1.50. The lowest BCUT2D eigenvalue weighted by Crippen LogP contribution is -2.48. The largest absolute Gasteiger partial charge is 0.481 e. The van der Waals surface area contributed by atoms with Crippen LogP contribution >= 0.6 is 0 Å². The Morgan fingerprint density at radius 2 is 1.95 bits per heavy atom. The first-order valence-corrected chi connectivity index (χ1v) is 6.46. The van der Waals surface area contributed by atoms with Crippen molar-refractivity contribution in [2.75, 3.05) is 20.1 Å². The van der Waals surface area contributed by atoms with E-state index in [4.69, 9.17) is 5.11 Å². The highest BCUT2D eigenvalue weighted by molar-refractivity contribution is 5.77. The number of likely N-dealkylation sites (tertiary alicyclic amines) is 1. The van der Waals surface area contributed by atoms with Gasteiger partial charge in [-0.05, 0) is 46.9 Å². The van der Waals surface area contributed by atoms with Gasteiger partial charge in [-0.15, -0.1) is 0 Å². The van der Waals surface area contributed by atoms with Crippen LogP contribution in [-0.4, -0.2) is 54.1 Å². The summed E-state index contributed by atoms with van der Waals surface area (Å²) in [6.45, 7) is 9.15. The van der Waals surface area contributed by atoms with Gasteiger partial charge in [0.25, 0.3) is 12.4 Å². The molecule has 0 spiro atoms. The molecule has 1 atom stereocenters. The molecule has 0 radical (unpaired) electrons. The summed E-state index contributed by atoms with van der Waals surface area (Å²) in [4.78, 5) is 22.1. The SMILES string of the molecule is C=CC(F)(F)C1(C(=O)O)CCN(C)C1.CC(C)(C)OC=O. The summed E-state index contributed by atoms with van der Waals surface area (Å²) in [7, 11) is 1.63. The molecule has 21 heavy (non-hydrogen) atoms. The Labute approximate surface area is 123 Å². The predicted molar refractivity (Wildman–Crippen MR) is 74.2 cm³/mol. The average molecular weight is 307 g/mol. The van der Waals surface area contributed by atoms with Crippen LogP contribution in [0, 0.1) is 5.41 Å². The van der Waals surface area contributed by atoms with Crippen molar-refractivity contribution >= 4 is 12.4 Å². The third-order valence-electron chi connectivity index (χ3n) is 3.17. The van der Waals surface area contributed by atoms with Gasteiger partial charge in [-0.3, -0.25) is 9.59 Å². The summed E-state index contributed by atoms with van der Waals surface area (Å²) >= 11 is 0. The summed E-state index contributed by atoms with van der Waals surface area (Å²) in [5.74, 6) is -4.81. The molecule has 0 bridgehead atoms. The maximum absolute atomic E-state index is 13.4. The second-order valence-corrected chi connectivity index (χ2v) is 6.03. The van der Waals surface area contributed by atoms with Gasteiger partial charge in [0.15, 0.2) is 0 Å². The molecule has 7 heteroatoms. The Balaban J connectivity index is 0.000000486. The number of alkyl halides is 2. The molecule has 1 fully saturated rings. The molecular formula is C14H23F2NO4. The molecule has 1 aliphatic heterocycles. The van der Waals surface area contributed by atoms with E-state index in [1.807, 2.05) is 20.8 Å². The van der Waals surface area contributed by atoms with Crippen molar-refractivity contribution in [2.45, 2.75) is 38.7 Å². The zero-order chi connectivity index (χ0) is 16.9. The monoisotopic (exact) mass is 307 g/mol. The number of hydrogen-bond acceptors (Lipinski definition) is 4. The number of halogens is 2. The number of nitrogens with zero attached hydrogens (tertiary/aromatic N) is 1. The molecule has 1 unspecified atom stereocenters. The van der Waals surface area contributed by atoms with Crippen LogP contribution in [0.2, 0.25) is 0 Å². The van der Waals surface area contributed by atoms with E-state index >= 15 is 0 Å². The average Bonchev–Trinajstić information content (AvgIpc) is 2.72. The lowest BCUT2D eigenvalue weighted by atomic mass is 9.80. The van der Waals surface area contributed by atoms with Gasteiger partial charge in [-0.1, -0.05) is 6.58 Å². The summed E-state index contributed by atoms with van der Waals surface area (Å²) in [5.41, 5.74) is -2.31. The van der Waals surface area contributed by atoms with Crippen molar-refractivity contribution in [3.63, 3.8) is 0 Å². The number of ether oxygens (including phenoxy) is 1. The molecular weight excluding hydrogens is 284 g/mol. The number of allylic oxidation sites excluding steroid dienone is 1. The fourth-order valence-corrected chi connectivity index (χ4v) is 1.93. The van der Waals surface area contributed by atoms with Crippen LogP contribution in [0.3, 0.4) is 0 Å². The van der Waals surface area contributed by atoms with E-state index in [2.05, 4.69) is 11.3 Å². The molecule has 1 N–H and O–H groups in total. The van der Waals surface area contributed by atoms with E-state index in [9.17, 15) is 18.4 Å². The third-order valence-corrected chi connectivity index (χ3v) is 3.17. The molecule has 0 aliphatic carbocycles. The van der Waals surface area contributed by atoms with Gasteiger partial charge in [0.2, 0.25) is 0 Å². The minimum atomic E-state index is -3.36. The van der Waals surface area contributed by atoms with E-state index < -0.39 is 17.3 Å². The highest BCUT2D eigenvalue weighted by atomic mass is 19.3. The van der Waals surface area contributed by atoms with Crippen molar-refractivity contribution in [3.05, 3.63) is 12.7 Å². The minimum Gasteiger partial charge on any atom is -0.481 e. The standard InChI is InChI=1S/C9H13F2NO2.C5H10O2/c1-3-9(10,11)8(7(13)14)4-5-12(2)6-8;1-5(2,3)7-4-6/h3H,1,4-6H2,2H3,(H,13,14);4H,1-3H3. The van der Waals surface area contributed by atoms with Crippen LogP contribution in [0.4, 0.5) is 8.78 Å². The van der Waals surface area contributed by atoms with E-state index in [0.717, 1.165) is 0 Å². The van der Waals surface area contributed by atoms with Crippen molar-refractivity contribution < 1.29 is 28.2 Å². The Bertz CT molecular complexity index is 393. The van der Waals surface area contributed by atoms with E-state index in [1.165, 1.54) is 0 Å². The number of carbonyl (C=O) groups is 2. The number of carboxylic acids is 1. The van der Waals surface area contributed by atoms with Crippen molar-refractivity contribution in [1.82, 2.24) is 4.90 Å². The second-order valence-electron chi connectivity index (χ2n) is 6.03. The van der Waals surface area contributed by atoms with E-state index in [0.29, 0.717) is 19.1 Å². The van der Waals surface area contributed by atoms with Crippen LogP contribution in [0.25, 0.3) is 0 Å².